The minimum Gasteiger partial charge on any atom is -0.322 e. The summed E-state index contributed by atoms with van der Waals surface area (Å²) in [5.74, 6) is -2.56. The summed E-state index contributed by atoms with van der Waals surface area (Å²) in [6, 6.07) is 8.85. The second-order valence-corrected chi connectivity index (χ2v) is 6.02. The third-order valence-electron chi connectivity index (χ3n) is 4.26. The van der Waals surface area contributed by atoms with E-state index in [9.17, 15) is 23.2 Å². The topological polar surface area (TPSA) is 57.7 Å². The largest absolute Gasteiger partial charge is 0.322 e. The molecule has 1 saturated heterocycles. The van der Waals surface area contributed by atoms with Crippen LogP contribution in [0.15, 0.2) is 61.2 Å². The van der Waals surface area contributed by atoms with Crippen molar-refractivity contribution in [2.45, 2.75) is 12.5 Å². The van der Waals surface area contributed by atoms with Gasteiger partial charge in [-0.1, -0.05) is 6.08 Å². The molecule has 138 valence electrons. The number of carbonyl (C=O) groups is 3. The molecule has 0 N–H and O–H groups in total. The molecule has 0 spiro atoms. The lowest BCUT2D eigenvalue weighted by Crippen LogP contribution is -2.45. The number of benzene rings is 2. The molecule has 0 radical (unpaired) electrons. The summed E-state index contributed by atoms with van der Waals surface area (Å²) in [7, 11) is 0. The third-order valence-corrected chi connectivity index (χ3v) is 4.26. The van der Waals surface area contributed by atoms with Crippen molar-refractivity contribution in [3.8, 4) is 0 Å². The number of amides is 3. The SMILES string of the molecule is C=CCN(C(=O)c1ccc(F)cc1)C1CC(=O)N(c2ccc(F)cc2)C1=O. The first-order valence-electron chi connectivity index (χ1n) is 8.22. The van der Waals surface area contributed by atoms with Gasteiger partial charge in [0.1, 0.15) is 17.7 Å². The van der Waals surface area contributed by atoms with Gasteiger partial charge in [-0.05, 0) is 48.5 Å². The molecule has 1 fully saturated rings. The number of halogens is 2. The molecule has 0 aliphatic carbocycles. The summed E-state index contributed by atoms with van der Waals surface area (Å²) >= 11 is 0. The summed E-state index contributed by atoms with van der Waals surface area (Å²) < 4.78 is 26.2. The van der Waals surface area contributed by atoms with Gasteiger partial charge in [0.25, 0.3) is 11.8 Å². The van der Waals surface area contributed by atoms with Gasteiger partial charge >= 0.3 is 0 Å². The van der Waals surface area contributed by atoms with Gasteiger partial charge < -0.3 is 4.90 Å². The van der Waals surface area contributed by atoms with Crippen molar-refractivity contribution < 1.29 is 23.2 Å². The zero-order valence-electron chi connectivity index (χ0n) is 14.3. The number of anilines is 1. The van der Waals surface area contributed by atoms with Crippen LogP contribution in [0.5, 0.6) is 0 Å². The Morgan fingerprint density at radius 2 is 1.63 bits per heavy atom. The van der Waals surface area contributed by atoms with Gasteiger partial charge in [0.2, 0.25) is 5.91 Å². The second kappa shape index (κ2) is 7.49. The Labute approximate surface area is 154 Å². The molecule has 7 heteroatoms. The van der Waals surface area contributed by atoms with Gasteiger partial charge in [0.15, 0.2) is 0 Å². The Morgan fingerprint density at radius 1 is 1.07 bits per heavy atom. The number of hydrogen-bond donors (Lipinski definition) is 0. The van der Waals surface area contributed by atoms with Gasteiger partial charge in [-0.25, -0.2) is 13.7 Å². The lowest BCUT2D eigenvalue weighted by molar-refractivity contribution is -0.122. The van der Waals surface area contributed by atoms with Crippen LogP contribution in [0.3, 0.4) is 0 Å². The summed E-state index contributed by atoms with van der Waals surface area (Å²) in [5.41, 5.74) is 0.431. The van der Waals surface area contributed by atoms with Crippen molar-refractivity contribution in [3.63, 3.8) is 0 Å². The molecular weight excluding hydrogens is 354 g/mol. The van der Waals surface area contributed by atoms with Crippen LogP contribution in [0, 0.1) is 11.6 Å². The fourth-order valence-electron chi connectivity index (χ4n) is 2.97. The summed E-state index contributed by atoms with van der Waals surface area (Å²) in [4.78, 5) is 40.2. The lowest BCUT2D eigenvalue weighted by Gasteiger charge is -2.26. The van der Waals surface area contributed by atoms with Crippen LogP contribution >= 0.6 is 0 Å². The quantitative estimate of drug-likeness (QED) is 0.601. The molecule has 1 heterocycles. The Morgan fingerprint density at radius 3 is 2.19 bits per heavy atom. The first-order valence-corrected chi connectivity index (χ1v) is 8.22. The van der Waals surface area contributed by atoms with Crippen LogP contribution in [0.1, 0.15) is 16.8 Å². The van der Waals surface area contributed by atoms with E-state index >= 15 is 0 Å². The Balaban J connectivity index is 1.89. The number of carbonyl (C=O) groups excluding carboxylic acids is 3. The molecule has 27 heavy (non-hydrogen) atoms. The highest BCUT2D eigenvalue weighted by atomic mass is 19.1. The average molecular weight is 370 g/mol. The number of hydrogen-bond acceptors (Lipinski definition) is 3. The van der Waals surface area contributed by atoms with E-state index in [1.807, 2.05) is 0 Å². The molecule has 3 amide bonds. The van der Waals surface area contributed by atoms with Crippen molar-refractivity contribution in [2.24, 2.45) is 0 Å². The maximum absolute atomic E-state index is 13.1. The average Bonchev–Trinajstić information content (AvgIpc) is 2.95. The highest BCUT2D eigenvalue weighted by Crippen LogP contribution is 2.27. The maximum Gasteiger partial charge on any atom is 0.257 e. The van der Waals surface area contributed by atoms with Gasteiger partial charge in [-0.15, -0.1) is 6.58 Å². The fourth-order valence-corrected chi connectivity index (χ4v) is 2.97. The smallest absolute Gasteiger partial charge is 0.257 e. The maximum atomic E-state index is 13.1. The van der Waals surface area contributed by atoms with Crippen molar-refractivity contribution in [1.82, 2.24) is 4.90 Å². The highest BCUT2D eigenvalue weighted by Gasteiger charge is 2.44. The van der Waals surface area contributed by atoms with Crippen LogP contribution < -0.4 is 4.90 Å². The third kappa shape index (κ3) is 3.62. The second-order valence-electron chi connectivity index (χ2n) is 6.02. The van der Waals surface area contributed by atoms with Gasteiger partial charge in [-0.2, -0.15) is 0 Å². The molecule has 1 atom stereocenters. The van der Waals surface area contributed by atoms with E-state index in [2.05, 4.69) is 6.58 Å². The molecule has 0 aromatic heterocycles. The lowest BCUT2D eigenvalue weighted by atomic mass is 10.1. The summed E-state index contributed by atoms with van der Waals surface area (Å²) in [6.45, 7) is 3.63. The molecule has 1 aliphatic heterocycles. The van der Waals surface area contributed by atoms with Gasteiger partial charge in [-0.3, -0.25) is 14.4 Å². The molecule has 1 unspecified atom stereocenters. The van der Waals surface area contributed by atoms with Crippen LogP contribution in [-0.4, -0.2) is 35.2 Å². The van der Waals surface area contributed by atoms with Crippen LogP contribution in [0.2, 0.25) is 0 Å². The Hall–Kier alpha value is -3.35. The standard InChI is InChI=1S/C20H16F2N2O3/c1-2-11-23(19(26)13-3-5-14(21)6-4-13)17-12-18(25)24(20(17)27)16-9-7-15(22)8-10-16/h2-10,17H,1,11-12H2. The zero-order chi connectivity index (χ0) is 19.6. The zero-order valence-corrected chi connectivity index (χ0v) is 14.3. The predicted molar refractivity (Wildman–Crippen MR) is 94.9 cm³/mol. The van der Waals surface area contributed by atoms with Gasteiger partial charge in [0, 0.05) is 12.1 Å². The van der Waals surface area contributed by atoms with Crippen LogP contribution in [-0.2, 0) is 9.59 Å². The fraction of sp³-hybridized carbons (Fsp3) is 0.150. The van der Waals surface area contributed by atoms with E-state index in [0.717, 1.165) is 29.2 Å². The first kappa shape index (κ1) is 18.4. The molecule has 5 nitrogen and oxygen atoms in total. The monoisotopic (exact) mass is 370 g/mol. The summed E-state index contributed by atoms with van der Waals surface area (Å²) in [5, 5.41) is 0. The molecule has 3 rings (SSSR count). The highest BCUT2D eigenvalue weighted by molar-refractivity contribution is 6.23. The van der Waals surface area contributed by atoms with E-state index in [1.54, 1.807) is 0 Å². The van der Waals surface area contributed by atoms with Gasteiger partial charge in [0.05, 0.1) is 12.1 Å². The van der Waals surface area contributed by atoms with E-state index in [0.29, 0.717) is 0 Å². The predicted octanol–water partition coefficient (Wildman–Crippen LogP) is 2.93. The number of imide groups is 1. The summed E-state index contributed by atoms with van der Waals surface area (Å²) in [6.07, 6.45) is 1.25. The Bertz CT molecular complexity index is 894. The minimum absolute atomic E-state index is 0.0388. The van der Waals surface area contributed by atoms with Crippen molar-refractivity contribution >= 4 is 23.4 Å². The van der Waals surface area contributed by atoms with Crippen molar-refractivity contribution in [2.75, 3.05) is 11.4 Å². The van der Waals surface area contributed by atoms with Crippen molar-refractivity contribution in [1.29, 1.82) is 0 Å². The van der Waals surface area contributed by atoms with Crippen LogP contribution in [0.4, 0.5) is 14.5 Å². The van der Waals surface area contributed by atoms with E-state index < -0.39 is 35.4 Å². The van der Waals surface area contributed by atoms with Crippen LogP contribution in [0.25, 0.3) is 0 Å². The minimum atomic E-state index is -1.02. The first-order chi connectivity index (χ1) is 12.9. The molecular formula is C20H16F2N2O3. The van der Waals surface area contributed by atoms with E-state index in [1.165, 1.54) is 35.2 Å². The van der Waals surface area contributed by atoms with E-state index in [-0.39, 0.29) is 24.2 Å². The van der Waals surface area contributed by atoms with E-state index in [4.69, 9.17) is 0 Å². The number of rotatable bonds is 5. The normalized spacial score (nSPS) is 16.5. The molecule has 0 bridgehead atoms. The number of nitrogens with zero attached hydrogens (tertiary/aromatic N) is 2. The molecule has 1 aliphatic rings. The Kier molecular flexibility index (Phi) is 5.12. The molecule has 2 aromatic rings. The molecule has 2 aromatic carbocycles. The van der Waals surface area contributed by atoms with Crippen molar-refractivity contribution in [3.05, 3.63) is 78.4 Å². The molecule has 0 saturated carbocycles.